The van der Waals surface area contributed by atoms with E-state index >= 15 is 0 Å². The number of rotatable bonds is 28. The Kier molecular flexibility index (Phi) is 21.3. The average Bonchev–Trinajstić information content (AvgIpc) is 3.41. The molecule has 0 saturated carbocycles. The summed E-state index contributed by atoms with van der Waals surface area (Å²) in [4.78, 5) is 50.3. The van der Waals surface area contributed by atoms with Crippen molar-refractivity contribution in [3.8, 4) is 45.3 Å². The van der Waals surface area contributed by atoms with Crippen LogP contribution < -0.4 is 18.9 Å². The van der Waals surface area contributed by atoms with Crippen LogP contribution in [0.15, 0.2) is 146 Å². The molecule has 71 heavy (non-hydrogen) atoms. The zero-order valence-electron chi connectivity index (χ0n) is 41.7. The molecule has 0 N–H and O–H groups in total. The zero-order valence-corrected chi connectivity index (χ0v) is 41.7. The van der Waals surface area contributed by atoms with E-state index in [0.29, 0.717) is 72.0 Å². The molecule has 0 aliphatic rings. The van der Waals surface area contributed by atoms with Crippen molar-refractivity contribution < 1.29 is 47.6 Å². The topological polar surface area (TPSA) is 124 Å². The van der Waals surface area contributed by atoms with Gasteiger partial charge in [0.25, 0.3) is 0 Å². The monoisotopic (exact) mass is 960 g/mol. The Morgan fingerprint density at radius 1 is 0.338 bits per heavy atom. The van der Waals surface area contributed by atoms with E-state index in [1.54, 1.807) is 97.1 Å². The first-order chi connectivity index (χ1) is 34.6. The van der Waals surface area contributed by atoms with Gasteiger partial charge in [0.15, 0.2) is 0 Å². The maximum Gasteiger partial charge on any atom is 0.343 e. The summed E-state index contributed by atoms with van der Waals surface area (Å²) in [6.45, 7) is 10.3. The van der Waals surface area contributed by atoms with Crippen LogP contribution in [0.3, 0.4) is 0 Å². The normalized spacial score (nSPS) is 11.8. The Labute approximate surface area is 419 Å². The lowest BCUT2D eigenvalue weighted by atomic mass is 10.0. The number of unbranched alkanes of at least 4 members (excludes halogenated alkanes) is 8. The van der Waals surface area contributed by atoms with E-state index in [0.717, 1.165) is 72.3 Å². The molecule has 0 spiro atoms. The summed E-state index contributed by atoms with van der Waals surface area (Å²) in [5, 5.41) is 0. The highest BCUT2D eigenvalue weighted by Gasteiger charge is 2.14. The minimum Gasteiger partial charge on any atom is -0.494 e. The van der Waals surface area contributed by atoms with Crippen molar-refractivity contribution >= 4 is 23.9 Å². The smallest absolute Gasteiger partial charge is 0.343 e. The number of esters is 4. The van der Waals surface area contributed by atoms with E-state index in [1.165, 1.54) is 32.1 Å². The van der Waals surface area contributed by atoms with E-state index in [1.807, 2.05) is 48.5 Å². The highest BCUT2D eigenvalue weighted by molar-refractivity contribution is 5.93. The predicted octanol–water partition coefficient (Wildman–Crippen LogP) is 14.8. The fourth-order valence-electron chi connectivity index (χ4n) is 7.39. The quantitative estimate of drug-likeness (QED) is 0.0267. The summed E-state index contributed by atoms with van der Waals surface area (Å²) in [7, 11) is 0. The molecule has 0 bridgehead atoms. The maximum absolute atomic E-state index is 12.8. The number of hydrogen-bond acceptors (Lipinski definition) is 10. The van der Waals surface area contributed by atoms with Gasteiger partial charge in [-0.05, 0) is 144 Å². The van der Waals surface area contributed by atoms with E-state index in [4.69, 9.17) is 28.4 Å². The van der Waals surface area contributed by atoms with Gasteiger partial charge in [0, 0.05) is 0 Å². The minimum atomic E-state index is -0.442. The molecule has 10 heteroatoms. The summed E-state index contributed by atoms with van der Waals surface area (Å²) in [6.07, 6.45) is 12.0. The molecular weight excluding hydrogens is 893 g/mol. The maximum atomic E-state index is 12.8. The molecule has 0 heterocycles. The van der Waals surface area contributed by atoms with Gasteiger partial charge in [0.2, 0.25) is 0 Å². The van der Waals surface area contributed by atoms with Crippen LogP contribution >= 0.6 is 0 Å². The van der Waals surface area contributed by atoms with Crippen LogP contribution in [0.1, 0.15) is 140 Å². The lowest BCUT2D eigenvalue weighted by Gasteiger charge is -2.10. The molecule has 6 aromatic carbocycles. The summed E-state index contributed by atoms with van der Waals surface area (Å²) >= 11 is 0. The molecule has 0 aliphatic heterocycles. The molecule has 0 fully saturated rings. The molecule has 2 atom stereocenters. The predicted molar refractivity (Wildman–Crippen MR) is 279 cm³/mol. The van der Waals surface area contributed by atoms with Gasteiger partial charge in [-0.3, -0.25) is 0 Å². The van der Waals surface area contributed by atoms with Gasteiger partial charge in [-0.25, -0.2) is 19.2 Å². The van der Waals surface area contributed by atoms with E-state index in [-0.39, 0.29) is 11.9 Å². The summed E-state index contributed by atoms with van der Waals surface area (Å²) < 4.78 is 33.9. The Morgan fingerprint density at radius 3 is 0.901 bits per heavy atom. The van der Waals surface area contributed by atoms with Crippen LogP contribution in [0.5, 0.6) is 23.0 Å². The van der Waals surface area contributed by atoms with Gasteiger partial charge < -0.3 is 28.4 Å². The van der Waals surface area contributed by atoms with Crippen LogP contribution in [-0.4, -0.2) is 50.3 Å². The third-order valence-corrected chi connectivity index (χ3v) is 12.4. The number of hydrogen-bond donors (Lipinski definition) is 0. The average molecular weight is 961 g/mol. The SMILES string of the molecule is CC[C@H](C)COC(=O)c1ccc(-c2ccc(OC(=O)c3ccc(OCCCCCCCCCCCOc4ccc(C(=O)Oc5ccc(-c6ccc(C(=O)OC[C@@H](C)CC)cc6)cc5)cc4)cc3)cc2)cc1. The lowest BCUT2D eigenvalue weighted by molar-refractivity contribution is 0.0438. The van der Waals surface area contributed by atoms with Crippen molar-refractivity contribution in [3.63, 3.8) is 0 Å². The second-order valence-corrected chi connectivity index (χ2v) is 18.1. The Balaban J connectivity index is 0.763. The highest BCUT2D eigenvalue weighted by Crippen LogP contribution is 2.26. The standard InChI is InChI=1S/C61H68O10/c1-5-44(3)42-68-58(62)50-20-16-46(17-21-50)48-24-36-56(37-25-48)70-60(64)52-28-32-54(33-29-52)66-40-14-12-10-8-7-9-11-13-15-41-67-55-34-30-53(31-35-55)61(65)71-57-38-26-49(27-39-57)47-18-22-51(23-19-47)59(63)69-43-45(4)6-2/h16-39,44-45H,5-15,40-43H2,1-4H3/t44-,45-/m0/s1. The molecule has 0 aromatic heterocycles. The molecular formula is C61H68O10. The fraction of sp³-hybridized carbons (Fsp3) is 0.344. The second-order valence-electron chi connectivity index (χ2n) is 18.1. The van der Waals surface area contributed by atoms with Crippen molar-refractivity contribution in [2.75, 3.05) is 26.4 Å². The largest absolute Gasteiger partial charge is 0.494 e. The Hall–Kier alpha value is -7.20. The number of carbonyl (C=O) groups excluding carboxylic acids is 4. The van der Waals surface area contributed by atoms with Crippen molar-refractivity contribution in [2.24, 2.45) is 11.8 Å². The number of ether oxygens (including phenoxy) is 6. The van der Waals surface area contributed by atoms with Crippen LogP contribution in [0, 0.1) is 11.8 Å². The minimum absolute atomic E-state index is 0.323. The third kappa shape index (κ3) is 17.6. The van der Waals surface area contributed by atoms with Gasteiger partial charge >= 0.3 is 23.9 Å². The first kappa shape index (κ1) is 53.2. The Bertz CT molecular complexity index is 2370. The first-order valence-corrected chi connectivity index (χ1v) is 25.2. The first-order valence-electron chi connectivity index (χ1n) is 25.2. The summed E-state index contributed by atoms with van der Waals surface area (Å²) in [5.74, 6) is 1.45. The highest BCUT2D eigenvalue weighted by atomic mass is 16.5. The molecule has 0 aliphatic carbocycles. The fourth-order valence-corrected chi connectivity index (χ4v) is 7.39. The molecule has 0 saturated heterocycles. The van der Waals surface area contributed by atoms with Gasteiger partial charge in [-0.1, -0.05) is 134 Å². The molecule has 0 amide bonds. The van der Waals surface area contributed by atoms with E-state index in [2.05, 4.69) is 27.7 Å². The molecule has 0 unspecified atom stereocenters. The lowest BCUT2D eigenvalue weighted by Crippen LogP contribution is -2.11. The molecule has 10 nitrogen and oxygen atoms in total. The van der Waals surface area contributed by atoms with Crippen molar-refractivity contribution in [3.05, 3.63) is 168 Å². The van der Waals surface area contributed by atoms with Gasteiger partial charge in [0.1, 0.15) is 23.0 Å². The summed E-state index contributed by atoms with van der Waals surface area (Å²) in [5.41, 5.74) is 5.66. The molecule has 6 aromatic rings. The third-order valence-electron chi connectivity index (χ3n) is 12.4. The molecule has 6 rings (SSSR count). The van der Waals surface area contributed by atoms with Crippen LogP contribution in [0.2, 0.25) is 0 Å². The molecule has 372 valence electrons. The van der Waals surface area contributed by atoms with E-state index in [9.17, 15) is 19.2 Å². The van der Waals surface area contributed by atoms with Gasteiger partial charge in [-0.2, -0.15) is 0 Å². The Morgan fingerprint density at radius 2 is 0.592 bits per heavy atom. The van der Waals surface area contributed by atoms with E-state index < -0.39 is 11.9 Å². The zero-order chi connectivity index (χ0) is 50.2. The second kappa shape index (κ2) is 28.5. The van der Waals surface area contributed by atoms with Gasteiger partial charge in [-0.15, -0.1) is 0 Å². The molecule has 0 radical (unpaired) electrons. The summed E-state index contributed by atoms with van der Waals surface area (Å²) in [6, 6.07) is 43.2. The van der Waals surface area contributed by atoms with Crippen molar-refractivity contribution in [1.82, 2.24) is 0 Å². The number of carbonyl (C=O) groups is 4. The van der Waals surface area contributed by atoms with Gasteiger partial charge in [0.05, 0.1) is 48.7 Å². The van der Waals surface area contributed by atoms with Crippen LogP contribution in [-0.2, 0) is 9.47 Å². The number of benzene rings is 6. The van der Waals surface area contributed by atoms with Crippen molar-refractivity contribution in [1.29, 1.82) is 0 Å². The van der Waals surface area contributed by atoms with Crippen LogP contribution in [0.25, 0.3) is 22.3 Å². The van der Waals surface area contributed by atoms with Crippen molar-refractivity contribution in [2.45, 2.75) is 98.3 Å². The van der Waals surface area contributed by atoms with Crippen LogP contribution in [0.4, 0.5) is 0 Å².